The molecule has 0 unspecified atom stereocenters. The lowest BCUT2D eigenvalue weighted by Gasteiger charge is -2.26. The van der Waals surface area contributed by atoms with E-state index in [1.165, 1.54) is 12.1 Å². The number of rotatable bonds is 7. The molecule has 2 aromatic carbocycles. The van der Waals surface area contributed by atoms with Gasteiger partial charge in [-0.1, -0.05) is 47.8 Å². The average Bonchev–Trinajstić information content (AvgIpc) is 2.60. The van der Waals surface area contributed by atoms with Crippen molar-refractivity contribution in [2.45, 2.75) is 25.3 Å². The van der Waals surface area contributed by atoms with Gasteiger partial charge in [0.05, 0.1) is 5.71 Å². The highest BCUT2D eigenvalue weighted by Crippen LogP contribution is 2.37. The van der Waals surface area contributed by atoms with E-state index in [1.807, 2.05) is 6.92 Å². The van der Waals surface area contributed by atoms with Crippen LogP contribution in [0.4, 0.5) is 18.9 Å². The SMILES string of the molecule is CCCC(=NOc1ccc(Cl)cc1)c1cc(Cl)ccc1[N-]S(=O)(=O)C(F)(F)F. The van der Waals surface area contributed by atoms with E-state index in [2.05, 4.69) is 9.88 Å². The Kier molecular flexibility index (Phi) is 7.19. The van der Waals surface area contributed by atoms with Crippen LogP contribution in [0.5, 0.6) is 5.75 Å². The first-order valence-electron chi connectivity index (χ1n) is 7.87. The maximum absolute atomic E-state index is 12.7. The fraction of sp³-hybridized carbons (Fsp3) is 0.235. The van der Waals surface area contributed by atoms with Crippen molar-refractivity contribution in [1.82, 2.24) is 0 Å². The summed E-state index contributed by atoms with van der Waals surface area (Å²) in [7, 11) is -5.74. The second-order valence-corrected chi connectivity index (χ2v) is 7.98. The van der Waals surface area contributed by atoms with Gasteiger partial charge in [-0.15, -0.1) is 5.69 Å². The summed E-state index contributed by atoms with van der Waals surface area (Å²) >= 11 is 11.7. The predicted octanol–water partition coefficient (Wildman–Crippen LogP) is 6.43. The van der Waals surface area contributed by atoms with Crippen LogP contribution >= 0.6 is 23.2 Å². The molecule has 11 heteroatoms. The number of halogens is 5. The van der Waals surface area contributed by atoms with Gasteiger partial charge in [-0.2, -0.15) is 13.2 Å². The van der Waals surface area contributed by atoms with Crippen LogP contribution in [0.25, 0.3) is 4.72 Å². The summed E-state index contributed by atoms with van der Waals surface area (Å²) in [5.74, 6) is 0.335. The van der Waals surface area contributed by atoms with Gasteiger partial charge in [0.2, 0.25) is 0 Å². The van der Waals surface area contributed by atoms with Gasteiger partial charge < -0.3 is 9.56 Å². The Balaban J connectivity index is 2.44. The van der Waals surface area contributed by atoms with Gasteiger partial charge in [0, 0.05) is 10.0 Å². The number of alkyl halides is 3. The predicted molar refractivity (Wildman–Crippen MR) is 103 cm³/mol. The molecule has 0 aliphatic heterocycles. The maximum Gasteiger partial charge on any atom is 0.483 e. The number of hydrogen-bond acceptors (Lipinski definition) is 4. The number of sulfonamides is 1. The minimum absolute atomic E-state index is 0.0242. The summed E-state index contributed by atoms with van der Waals surface area (Å²) < 4.78 is 63.9. The molecule has 2 rings (SSSR count). The van der Waals surface area contributed by atoms with Crippen molar-refractivity contribution < 1.29 is 26.4 Å². The van der Waals surface area contributed by atoms with Gasteiger partial charge in [-0.25, -0.2) is 8.42 Å². The van der Waals surface area contributed by atoms with E-state index in [-0.39, 0.29) is 22.7 Å². The number of nitrogens with zero attached hydrogens (tertiary/aromatic N) is 2. The molecule has 0 aromatic heterocycles. The largest absolute Gasteiger partial charge is 0.569 e. The summed E-state index contributed by atoms with van der Waals surface area (Å²) in [6.07, 6.45) is 0.837. The zero-order valence-corrected chi connectivity index (χ0v) is 16.7. The molecule has 0 saturated heterocycles. The van der Waals surface area contributed by atoms with E-state index >= 15 is 0 Å². The molecule has 0 spiro atoms. The van der Waals surface area contributed by atoms with Crippen LogP contribution < -0.4 is 4.84 Å². The highest BCUT2D eigenvalue weighted by atomic mass is 35.5. The van der Waals surface area contributed by atoms with Crippen molar-refractivity contribution in [2.75, 3.05) is 0 Å². The van der Waals surface area contributed by atoms with E-state index in [0.29, 0.717) is 17.2 Å². The fourth-order valence-electron chi connectivity index (χ4n) is 2.07. The smallest absolute Gasteiger partial charge is 0.483 e. The van der Waals surface area contributed by atoms with Crippen LogP contribution in [0.1, 0.15) is 25.3 Å². The highest BCUT2D eigenvalue weighted by molar-refractivity contribution is 7.95. The molecule has 0 radical (unpaired) electrons. The Labute approximate surface area is 170 Å². The summed E-state index contributed by atoms with van der Waals surface area (Å²) in [6, 6.07) is 9.84. The monoisotopic (exact) mass is 453 g/mol. The number of oxime groups is 1. The average molecular weight is 454 g/mol. The fourth-order valence-corrected chi connectivity index (χ4v) is 2.89. The summed E-state index contributed by atoms with van der Waals surface area (Å²) in [6.45, 7) is 1.81. The minimum atomic E-state index is -5.74. The van der Waals surface area contributed by atoms with Crippen molar-refractivity contribution in [3.8, 4) is 5.75 Å². The molecule has 152 valence electrons. The van der Waals surface area contributed by atoms with Crippen LogP contribution in [0, 0.1) is 0 Å². The molecule has 2 aromatic rings. The Hall–Kier alpha value is -1.97. The lowest BCUT2D eigenvalue weighted by molar-refractivity contribution is -0.0425. The van der Waals surface area contributed by atoms with Gasteiger partial charge in [0.15, 0.2) is 15.8 Å². The first kappa shape index (κ1) is 22.3. The van der Waals surface area contributed by atoms with E-state index in [4.69, 9.17) is 28.0 Å². The van der Waals surface area contributed by atoms with Crippen molar-refractivity contribution in [3.63, 3.8) is 0 Å². The number of hydrogen-bond donors (Lipinski definition) is 0. The first-order valence-corrected chi connectivity index (χ1v) is 10.1. The highest BCUT2D eigenvalue weighted by Gasteiger charge is 2.39. The lowest BCUT2D eigenvalue weighted by atomic mass is 10.0. The summed E-state index contributed by atoms with van der Waals surface area (Å²) in [4.78, 5) is 5.30. The van der Waals surface area contributed by atoms with Crippen LogP contribution in [-0.2, 0) is 10.0 Å². The molecule has 0 bridgehead atoms. The quantitative estimate of drug-likeness (QED) is 0.358. The Bertz CT molecular complexity index is 963. The van der Waals surface area contributed by atoms with Crippen molar-refractivity contribution in [2.24, 2.45) is 5.16 Å². The maximum atomic E-state index is 12.7. The Morgan fingerprint density at radius 1 is 1.11 bits per heavy atom. The third kappa shape index (κ3) is 5.76. The molecule has 0 heterocycles. The third-order valence-electron chi connectivity index (χ3n) is 3.34. The first-order chi connectivity index (χ1) is 13.0. The third-order valence-corrected chi connectivity index (χ3v) is 4.85. The molecule has 28 heavy (non-hydrogen) atoms. The van der Waals surface area contributed by atoms with Crippen LogP contribution in [0.15, 0.2) is 47.6 Å². The van der Waals surface area contributed by atoms with E-state index in [0.717, 1.165) is 6.07 Å². The minimum Gasteiger partial charge on any atom is -0.569 e. The van der Waals surface area contributed by atoms with Crippen LogP contribution in [0.3, 0.4) is 0 Å². The molecule has 0 amide bonds. The molecule has 0 fully saturated rings. The molecule has 0 atom stereocenters. The van der Waals surface area contributed by atoms with Gasteiger partial charge in [0.25, 0.3) is 0 Å². The summed E-state index contributed by atoms with van der Waals surface area (Å²) in [5.41, 5.74) is -5.74. The van der Waals surface area contributed by atoms with Crippen LogP contribution in [0.2, 0.25) is 10.0 Å². The summed E-state index contributed by atoms with van der Waals surface area (Å²) in [5, 5.41) is 4.62. The standard InChI is InChI=1S/C17H14Cl2F3N2O3S/c1-2-3-15(23-27-13-7-4-11(18)5-8-13)14-10-12(19)6-9-16(14)24-28(25,26)17(20,21)22/h4-10H,2-3H2,1H3/q-1. The Morgan fingerprint density at radius 2 is 1.71 bits per heavy atom. The second-order valence-electron chi connectivity index (χ2n) is 5.51. The number of benzene rings is 2. The molecule has 0 aliphatic carbocycles. The van der Waals surface area contributed by atoms with Gasteiger partial charge in [-0.05, 0) is 48.4 Å². The van der Waals surface area contributed by atoms with E-state index in [9.17, 15) is 21.6 Å². The zero-order chi connectivity index (χ0) is 20.9. The van der Waals surface area contributed by atoms with Gasteiger partial charge >= 0.3 is 5.51 Å². The van der Waals surface area contributed by atoms with E-state index < -0.39 is 21.2 Å². The van der Waals surface area contributed by atoms with Gasteiger partial charge in [-0.3, -0.25) is 0 Å². The topological polar surface area (TPSA) is 69.8 Å². The van der Waals surface area contributed by atoms with Crippen molar-refractivity contribution in [3.05, 3.63) is 62.8 Å². The molecular formula is C17H14Cl2F3N2O3S-. The molecular weight excluding hydrogens is 440 g/mol. The second kappa shape index (κ2) is 9.02. The molecule has 0 N–H and O–H groups in total. The normalized spacial score (nSPS) is 12.7. The van der Waals surface area contributed by atoms with Crippen molar-refractivity contribution in [1.29, 1.82) is 0 Å². The molecule has 0 aliphatic rings. The zero-order valence-electron chi connectivity index (χ0n) is 14.4. The van der Waals surface area contributed by atoms with Crippen molar-refractivity contribution >= 4 is 44.6 Å². The lowest BCUT2D eigenvalue weighted by Crippen LogP contribution is -2.21. The van der Waals surface area contributed by atoms with Crippen LogP contribution in [-0.4, -0.2) is 19.6 Å². The molecule has 0 saturated carbocycles. The molecule has 5 nitrogen and oxygen atoms in total. The van der Waals surface area contributed by atoms with Gasteiger partial charge in [0.1, 0.15) is 0 Å². The Morgan fingerprint density at radius 3 is 2.29 bits per heavy atom. The van der Waals surface area contributed by atoms with E-state index in [1.54, 1.807) is 24.3 Å².